The molecule has 9 nitrogen and oxygen atoms in total. The number of allylic oxidation sites excluding steroid dienone is 1. The van der Waals surface area contributed by atoms with Gasteiger partial charge in [0.05, 0.1) is 25.2 Å². The van der Waals surface area contributed by atoms with Gasteiger partial charge in [-0.25, -0.2) is 13.2 Å². The highest BCUT2D eigenvalue weighted by Gasteiger charge is 2.30. The van der Waals surface area contributed by atoms with Crippen LogP contribution in [0.3, 0.4) is 0 Å². The molecule has 0 fully saturated rings. The molecule has 38 heavy (non-hydrogen) atoms. The number of hydrogen-bond acceptors (Lipinski definition) is 8. The summed E-state index contributed by atoms with van der Waals surface area (Å²) in [6.45, 7) is 2.98. The number of nitrogens with zero attached hydrogens (tertiary/aromatic N) is 1. The Labute approximate surface area is 223 Å². The normalized spacial score (nSPS) is 17.2. The number of ether oxygens (including phenoxy) is 4. The monoisotopic (exact) mass is 541 g/mol. The van der Waals surface area contributed by atoms with Crippen molar-refractivity contribution in [2.75, 3.05) is 40.0 Å². The van der Waals surface area contributed by atoms with E-state index in [2.05, 4.69) is 12.5 Å². The molecule has 0 aromatic heterocycles. The summed E-state index contributed by atoms with van der Waals surface area (Å²) in [5, 5.41) is 9.47. The predicted octanol–water partition coefficient (Wildman–Crippen LogP) is 2.82. The van der Waals surface area contributed by atoms with Crippen LogP contribution in [0.25, 0.3) is 0 Å². The predicted molar refractivity (Wildman–Crippen MR) is 141 cm³/mol. The fraction of sp³-hybridized carbons (Fsp3) is 0.321. The average molecular weight is 542 g/mol. The summed E-state index contributed by atoms with van der Waals surface area (Å²) in [4.78, 5) is 12.6. The summed E-state index contributed by atoms with van der Waals surface area (Å²) in [7, 11) is -2.41. The summed E-state index contributed by atoms with van der Waals surface area (Å²) < 4.78 is 49.2. The number of carbonyl (C=O) groups excluding carboxylic acids is 1. The van der Waals surface area contributed by atoms with E-state index in [1.807, 2.05) is 12.1 Å². The van der Waals surface area contributed by atoms with Crippen LogP contribution in [0, 0.1) is 12.3 Å². The first-order valence-corrected chi connectivity index (χ1v) is 13.4. The highest BCUT2D eigenvalue weighted by molar-refractivity contribution is 7.89. The van der Waals surface area contributed by atoms with Gasteiger partial charge in [-0.1, -0.05) is 30.7 Å². The third-order valence-corrected chi connectivity index (χ3v) is 7.70. The number of carbonyl (C=O) groups is 1. The Morgan fingerprint density at radius 1 is 1.21 bits per heavy atom. The molecule has 2 atom stereocenters. The average Bonchev–Trinajstić information content (AvgIpc) is 2.95. The van der Waals surface area contributed by atoms with Crippen LogP contribution in [0.2, 0.25) is 0 Å². The fourth-order valence-corrected chi connectivity index (χ4v) is 5.23. The van der Waals surface area contributed by atoms with E-state index in [0.717, 1.165) is 15.4 Å². The van der Waals surface area contributed by atoms with Crippen LogP contribution in [-0.2, 0) is 29.0 Å². The zero-order chi connectivity index (χ0) is 27.5. The van der Waals surface area contributed by atoms with Gasteiger partial charge in [0.25, 0.3) is 0 Å². The molecule has 2 aromatic rings. The van der Waals surface area contributed by atoms with E-state index in [0.29, 0.717) is 12.2 Å². The van der Waals surface area contributed by atoms with Crippen molar-refractivity contribution in [3.63, 3.8) is 0 Å². The van der Waals surface area contributed by atoms with Gasteiger partial charge < -0.3 is 24.1 Å². The van der Waals surface area contributed by atoms with Gasteiger partial charge in [0.1, 0.15) is 12.4 Å². The number of terminal acetylenes is 1. The van der Waals surface area contributed by atoms with Crippen LogP contribution in [0.5, 0.6) is 5.75 Å². The zero-order valence-corrected chi connectivity index (χ0v) is 21.9. The minimum Gasteiger partial charge on any atom is -0.497 e. The molecule has 1 heterocycles. The molecule has 1 N–H and O–H groups in total. The van der Waals surface area contributed by atoms with Crippen LogP contribution in [0.1, 0.15) is 23.5 Å². The van der Waals surface area contributed by atoms with Gasteiger partial charge in [-0.15, -0.1) is 6.42 Å². The van der Waals surface area contributed by atoms with E-state index in [1.54, 1.807) is 30.3 Å². The first kappa shape index (κ1) is 28.9. The van der Waals surface area contributed by atoms with Crippen molar-refractivity contribution in [3.05, 3.63) is 84.1 Å². The third kappa shape index (κ3) is 7.46. The van der Waals surface area contributed by atoms with Gasteiger partial charge in [-0.05, 0) is 48.0 Å². The number of aliphatic hydroxyl groups is 1. The topological polar surface area (TPSA) is 112 Å². The maximum atomic E-state index is 13.1. The van der Waals surface area contributed by atoms with Crippen molar-refractivity contribution in [1.82, 2.24) is 4.31 Å². The second-order valence-corrected chi connectivity index (χ2v) is 10.2. The quantitative estimate of drug-likeness (QED) is 0.234. The lowest BCUT2D eigenvalue weighted by atomic mass is 9.92. The molecule has 2 aromatic carbocycles. The minimum atomic E-state index is -3.90. The Morgan fingerprint density at radius 3 is 2.53 bits per heavy atom. The molecule has 0 radical (unpaired) electrons. The molecule has 0 unspecified atom stereocenters. The molecule has 3 rings (SSSR count). The lowest BCUT2D eigenvalue weighted by molar-refractivity contribution is -0.160. The van der Waals surface area contributed by atoms with Crippen LogP contribution in [-0.4, -0.2) is 70.1 Å². The van der Waals surface area contributed by atoms with Crippen molar-refractivity contribution in [2.24, 2.45) is 0 Å². The molecule has 1 aliphatic rings. The molecule has 0 saturated heterocycles. The first-order chi connectivity index (χ1) is 18.3. The Morgan fingerprint density at radius 2 is 1.92 bits per heavy atom. The fourth-order valence-electron chi connectivity index (χ4n) is 3.82. The molecule has 0 saturated carbocycles. The molecule has 0 spiro atoms. The molecule has 0 aliphatic carbocycles. The number of esters is 1. The number of aliphatic hydroxyl groups excluding tert-OH is 1. The number of rotatable bonds is 13. The Bertz CT molecular complexity index is 1260. The smallest absolute Gasteiger partial charge is 0.373 e. The largest absolute Gasteiger partial charge is 0.497 e. The zero-order valence-electron chi connectivity index (χ0n) is 21.1. The molecular formula is C28H31NO8S. The maximum absolute atomic E-state index is 13.1. The number of sulfonamides is 1. The Kier molecular flexibility index (Phi) is 10.5. The van der Waals surface area contributed by atoms with Crippen LogP contribution < -0.4 is 4.74 Å². The van der Waals surface area contributed by atoms with Gasteiger partial charge in [0.15, 0.2) is 0 Å². The lowest BCUT2D eigenvalue weighted by Crippen LogP contribution is -2.37. The summed E-state index contributed by atoms with van der Waals surface area (Å²) >= 11 is 0. The van der Waals surface area contributed by atoms with Gasteiger partial charge in [0, 0.05) is 31.0 Å². The van der Waals surface area contributed by atoms with Crippen molar-refractivity contribution in [3.8, 4) is 18.1 Å². The van der Waals surface area contributed by atoms with E-state index in [-0.39, 0.29) is 49.5 Å². The summed E-state index contributed by atoms with van der Waals surface area (Å²) in [5.74, 6) is 2.19. The Hall–Kier alpha value is -3.62. The van der Waals surface area contributed by atoms with E-state index in [4.69, 9.17) is 25.4 Å². The number of benzene rings is 2. The standard InChI is InChI=1S/C28H31NO8S/c1-4-17-36-28(31)26-19-23(22-8-6-21(5-2)7-9-22)20-27(37-26)35-18-15-29(14-16-30)38(32,33)25-12-10-24(34-3)11-13-25/h2,4,6-13,19,23,27,30H,1,14-18,20H2,3H3/t23-,27+/m1/s1. The van der Waals surface area contributed by atoms with Gasteiger partial charge in [-0.2, -0.15) is 4.31 Å². The van der Waals surface area contributed by atoms with Crippen LogP contribution in [0.4, 0.5) is 0 Å². The van der Waals surface area contributed by atoms with E-state index < -0.39 is 22.3 Å². The summed E-state index contributed by atoms with van der Waals surface area (Å²) in [5.41, 5.74) is 1.63. The van der Waals surface area contributed by atoms with Gasteiger partial charge in [0.2, 0.25) is 22.1 Å². The molecule has 1 aliphatic heterocycles. The summed E-state index contributed by atoms with van der Waals surface area (Å²) in [6.07, 6.45) is 8.10. The first-order valence-electron chi connectivity index (χ1n) is 11.9. The molecular weight excluding hydrogens is 510 g/mol. The van der Waals surface area contributed by atoms with Gasteiger partial charge in [-0.3, -0.25) is 0 Å². The molecule has 0 amide bonds. The van der Waals surface area contributed by atoms with Crippen LogP contribution >= 0.6 is 0 Å². The third-order valence-electron chi connectivity index (χ3n) is 5.79. The second-order valence-electron chi connectivity index (χ2n) is 8.25. The van der Waals surface area contributed by atoms with Crippen molar-refractivity contribution in [1.29, 1.82) is 0 Å². The molecule has 0 bridgehead atoms. The number of hydrogen-bond donors (Lipinski definition) is 1. The summed E-state index contributed by atoms with van der Waals surface area (Å²) in [6, 6.07) is 13.3. The Balaban J connectivity index is 1.72. The van der Waals surface area contributed by atoms with E-state index in [9.17, 15) is 18.3 Å². The van der Waals surface area contributed by atoms with Gasteiger partial charge >= 0.3 is 5.97 Å². The minimum absolute atomic E-state index is 0.00723. The highest BCUT2D eigenvalue weighted by Crippen LogP contribution is 2.32. The number of methoxy groups -OCH3 is 1. The van der Waals surface area contributed by atoms with E-state index in [1.165, 1.54) is 25.3 Å². The highest BCUT2D eigenvalue weighted by atomic mass is 32.2. The van der Waals surface area contributed by atoms with Crippen molar-refractivity contribution in [2.45, 2.75) is 23.5 Å². The molecule has 202 valence electrons. The van der Waals surface area contributed by atoms with Crippen molar-refractivity contribution >= 4 is 16.0 Å². The maximum Gasteiger partial charge on any atom is 0.373 e. The lowest BCUT2D eigenvalue weighted by Gasteiger charge is -2.30. The second kappa shape index (κ2) is 13.8. The SMILES string of the molecule is C#Cc1ccc([C@@H]2C=C(C(=O)OCC=C)O[C@H](OCCN(CCO)S(=O)(=O)c3ccc(OC)cc3)C2)cc1. The van der Waals surface area contributed by atoms with Crippen LogP contribution in [0.15, 0.2) is 77.9 Å². The van der Waals surface area contributed by atoms with E-state index >= 15 is 0 Å². The van der Waals surface area contributed by atoms with Crippen molar-refractivity contribution < 1.29 is 37.3 Å². The molecule has 10 heteroatoms.